The second-order valence-electron chi connectivity index (χ2n) is 5.53. The number of ether oxygens (including phenoxy) is 1. The number of pyridine rings is 1. The third-order valence-corrected chi connectivity index (χ3v) is 3.76. The normalized spacial score (nSPS) is 11.3. The topological polar surface area (TPSA) is 88.5 Å². The van der Waals surface area contributed by atoms with Crippen molar-refractivity contribution in [2.24, 2.45) is 10.2 Å². The molecule has 0 atom stereocenters. The van der Waals surface area contributed by atoms with Crippen molar-refractivity contribution in [2.75, 3.05) is 6.61 Å². The van der Waals surface area contributed by atoms with Gasteiger partial charge in [-0.15, -0.1) is 10.2 Å². The van der Waals surface area contributed by atoms with E-state index in [1.807, 2.05) is 32.0 Å². The maximum absolute atomic E-state index is 12.2. The molecule has 0 spiro atoms. The number of nitrogens with zero attached hydrogens (tertiary/aromatic N) is 4. The van der Waals surface area contributed by atoms with Gasteiger partial charge in [0.25, 0.3) is 0 Å². The van der Waals surface area contributed by atoms with E-state index in [2.05, 4.69) is 15.2 Å². The summed E-state index contributed by atoms with van der Waals surface area (Å²) in [6.07, 6.45) is 1.66. The Bertz CT molecular complexity index is 956. The van der Waals surface area contributed by atoms with Crippen LogP contribution in [0.1, 0.15) is 28.5 Å². The Balaban J connectivity index is 2.17. The fraction of sp³-hybridized carbons (Fsp3) is 0.222. The van der Waals surface area contributed by atoms with Gasteiger partial charge in [0.05, 0.1) is 12.3 Å². The Morgan fingerprint density at radius 2 is 1.92 bits per heavy atom. The number of hydrogen-bond acceptors (Lipinski definition) is 6. The van der Waals surface area contributed by atoms with Gasteiger partial charge in [0, 0.05) is 6.20 Å². The number of aryl methyl sites for hydroxylation is 2. The molecule has 25 heavy (non-hydrogen) atoms. The largest absolute Gasteiger partial charge is 0.504 e. The molecule has 0 amide bonds. The lowest BCUT2D eigenvalue weighted by atomic mass is 10.1. The molecular formula is C18H18N4O3. The smallest absolute Gasteiger partial charge is 0.360 e. The minimum absolute atomic E-state index is 0.0123. The first kappa shape index (κ1) is 16.6. The first-order chi connectivity index (χ1) is 12.0. The Kier molecular flexibility index (Phi) is 4.47. The van der Waals surface area contributed by atoms with Crippen LogP contribution in [0.25, 0.3) is 5.65 Å². The molecule has 0 radical (unpaired) electrons. The van der Waals surface area contributed by atoms with Crippen molar-refractivity contribution in [3.05, 3.63) is 53.3 Å². The van der Waals surface area contributed by atoms with Gasteiger partial charge >= 0.3 is 5.97 Å². The minimum Gasteiger partial charge on any atom is -0.504 e. The number of esters is 1. The van der Waals surface area contributed by atoms with Crippen molar-refractivity contribution >= 4 is 23.1 Å². The first-order valence-corrected chi connectivity index (χ1v) is 7.88. The molecule has 0 fully saturated rings. The van der Waals surface area contributed by atoms with E-state index in [4.69, 9.17) is 4.74 Å². The second-order valence-corrected chi connectivity index (χ2v) is 5.53. The molecule has 3 rings (SSSR count). The van der Waals surface area contributed by atoms with Crippen LogP contribution in [-0.4, -0.2) is 27.1 Å². The highest BCUT2D eigenvalue weighted by atomic mass is 16.5. The summed E-state index contributed by atoms with van der Waals surface area (Å²) in [5.74, 6) is -0.449. The third-order valence-electron chi connectivity index (χ3n) is 3.76. The van der Waals surface area contributed by atoms with Crippen molar-refractivity contribution in [1.82, 2.24) is 9.38 Å². The number of azo groups is 1. The monoisotopic (exact) mass is 338 g/mol. The van der Waals surface area contributed by atoms with Crippen LogP contribution >= 0.6 is 0 Å². The van der Waals surface area contributed by atoms with E-state index in [-0.39, 0.29) is 29.5 Å². The average Bonchev–Trinajstić information content (AvgIpc) is 2.95. The Labute approximate surface area is 144 Å². The maximum Gasteiger partial charge on any atom is 0.360 e. The molecule has 0 saturated heterocycles. The van der Waals surface area contributed by atoms with Gasteiger partial charge in [0.1, 0.15) is 0 Å². The molecule has 2 aromatic heterocycles. The number of benzene rings is 1. The number of hydrogen-bond donors (Lipinski definition) is 1. The second kappa shape index (κ2) is 6.72. The fourth-order valence-electron chi connectivity index (χ4n) is 2.53. The van der Waals surface area contributed by atoms with Crippen molar-refractivity contribution < 1.29 is 14.6 Å². The van der Waals surface area contributed by atoms with Crippen LogP contribution in [0.15, 0.2) is 46.8 Å². The van der Waals surface area contributed by atoms with Crippen LogP contribution in [0.3, 0.4) is 0 Å². The molecule has 1 aromatic carbocycles. The van der Waals surface area contributed by atoms with E-state index in [0.29, 0.717) is 0 Å². The SMILES string of the molecule is CCOC(=O)c1nc2c(O)cccn2c1N=Nc1c(C)cccc1C. The van der Waals surface area contributed by atoms with Gasteiger partial charge in [-0.1, -0.05) is 18.2 Å². The molecular weight excluding hydrogens is 320 g/mol. The summed E-state index contributed by atoms with van der Waals surface area (Å²) in [6, 6.07) is 8.95. The number of fused-ring (bicyclic) bond motifs is 1. The molecule has 0 aliphatic carbocycles. The highest BCUT2D eigenvalue weighted by Gasteiger charge is 2.22. The van der Waals surface area contributed by atoms with Gasteiger partial charge in [0.15, 0.2) is 22.9 Å². The van der Waals surface area contributed by atoms with Crippen LogP contribution in [0, 0.1) is 13.8 Å². The van der Waals surface area contributed by atoms with Gasteiger partial charge in [-0.3, -0.25) is 4.40 Å². The predicted molar refractivity (Wildman–Crippen MR) is 92.9 cm³/mol. The van der Waals surface area contributed by atoms with Gasteiger partial charge in [-0.2, -0.15) is 0 Å². The summed E-state index contributed by atoms with van der Waals surface area (Å²) in [7, 11) is 0. The number of aromatic nitrogens is 2. The lowest BCUT2D eigenvalue weighted by molar-refractivity contribution is 0.0521. The third kappa shape index (κ3) is 3.08. The molecule has 3 aromatic rings. The molecule has 0 saturated carbocycles. The number of imidazole rings is 1. The van der Waals surface area contributed by atoms with Gasteiger partial charge in [0.2, 0.25) is 0 Å². The Morgan fingerprint density at radius 1 is 1.20 bits per heavy atom. The zero-order chi connectivity index (χ0) is 18.0. The zero-order valence-electron chi connectivity index (χ0n) is 14.2. The molecule has 0 aliphatic rings. The van der Waals surface area contributed by atoms with E-state index in [9.17, 15) is 9.90 Å². The predicted octanol–water partition coefficient (Wildman–Crippen LogP) is 4.25. The highest BCUT2D eigenvalue weighted by molar-refractivity contribution is 5.93. The van der Waals surface area contributed by atoms with Crippen LogP contribution in [0.4, 0.5) is 11.5 Å². The Morgan fingerprint density at radius 3 is 2.60 bits per heavy atom. The highest BCUT2D eigenvalue weighted by Crippen LogP contribution is 2.30. The molecule has 2 heterocycles. The van der Waals surface area contributed by atoms with E-state index in [1.54, 1.807) is 19.2 Å². The van der Waals surface area contributed by atoms with E-state index < -0.39 is 5.97 Å². The van der Waals surface area contributed by atoms with E-state index >= 15 is 0 Å². The Hall–Kier alpha value is -3.22. The minimum atomic E-state index is -0.610. The summed E-state index contributed by atoms with van der Waals surface area (Å²) < 4.78 is 6.55. The van der Waals surface area contributed by atoms with Gasteiger partial charge in [-0.05, 0) is 44.0 Å². The molecule has 0 aliphatic heterocycles. The van der Waals surface area contributed by atoms with E-state index in [1.165, 1.54) is 10.5 Å². The molecule has 7 nitrogen and oxygen atoms in total. The first-order valence-electron chi connectivity index (χ1n) is 7.88. The molecule has 7 heteroatoms. The molecule has 0 bridgehead atoms. The number of aromatic hydroxyl groups is 1. The summed E-state index contributed by atoms with van der Waals surface area (Å²) in [5, 5.41) is 18.5. The number of carbonyl (C=O) groups is 1. The van der Waals surface area contributed by atoms with Crippen molar-refractivity contribution in [2.45, 2.75) is 20.8 Å². The fourth-order valence-corrected chi connectivity index (χ4v) is 2.53. The van der Waals surface area contributed by atoms with Crippen molar-refractivity contribution in [3.63, 3.8) is 0 Å². The lowest BCUT2D eigenvalue weighted by Gasteiger charge is -2.03. The standard InChI is InChI=1S/C18H18N4O3/c1-4-25-18(24)15-17(22-10-6-9-13(23)16(22)19-15)21-20-14-11(2)7-5-8-12(14)3/h5-10,23H,4H2,1-3H3. The molecule has 0 unspecified atom stereocenters. The van der Waals surface area contributed by atoms with Crippen LogP contribution in [-0.2, 0) is 4.74 Å². The number of carbonyl (C=O) groups excluding carboxylic acids is 1. The summed E-state index contributed by atoms with van der Waals surface area (Å²) in [6.45, 7) is 5.80. The zero-order valence-corrected chi connectivity index (χ0v) is 14.2. The quantitative estimate of drug-likeness (QED) is 0.569. The van der Waals surface area contributed by atoms with Crippen LogP contribution in [0.5, 0.6) is 5.75 Å². The maximum atomic E-state index is 12.2. The molecule has 128 valence electrons. The van der Waals surface area contributed by atoms with Crippen LogP contribution < -0.4 is 0 Å². The van der Waals surface area contributed by atoms with Crippen LogP contribution in [0.2, 0.25) is 0 Å². The van der Waals surface area contributed by atoms with Crippen molar-refractivity contribution in [3.8, 4) is 5.75 Å². The average molecular weight is 338 g/mol. The summed E-state index contributed by atoms with van der Waals surface area (Å²) in [4.78, 5) is 16.4. The van der Waals surface area contributed by atoms with Crippen molar-refractivity contribution in [1.29, 1.82) is 0 Å². The summed E-state index contributed by atoms with van der Waals surface area (Å²) in [5.41, 5.74) is 2.91. The van der Waals surface area contributed by atoms with Gasteiger partial charge in [-0.25, -0.2) is 9.78 Å². The lowest BCUT2D eigenvalue weighted by Crippen LogP contribution is -2.05. The summed E-state index contributed by atoms with van der Waals surface area (Å²) >= 11 is 0. The molecule has 1 N–H and O–H groups in total. The number of rotatable bonds is 4. The van der Waals surface area contributed by atoms with Gasteiger partial charge < -0.3 is 9.84 Å². The van der Waals surface area contributed by atoms with E-state index in [0.717, 1.165) is 16.8 Å².